The van der Waals surface area contributed by atoms with E-state index < -0.39 is 0 Å². The molecule has 0 spiro atoms. The minimum absolute atomic E-state index is 0.470. The van der Waals surface area contributed by atoms with E-state index in [9.17, 15) is 0 Å². The number of halogens is 1. The molecule has 0 amide bonds. The van der Waals surface area contributed by atoms with Gasteiger partial charge in [0.15, 0.2) is 0 Å². The van der Waals surface area contributed by atoms with Gasteiger partial charge in [-0.3, -0.25) is 4.98 Å². The number of anilines is 3. The van der Waals surface area contributed by atoms with Gasteiger partial charge in [-0.2, -0.15) is 0 Å². The lowest BCUT2D eigenvalue weighted by Gasteiger charge is -2.14. The van der Waals surface area contributed by atoms with Gasteiger partial charge in [0.1, 0.15) is 29.5 Å². The largest absolute Gasteiger partial charge is 0.495 e. The summed E-state index contributed by atoms with van der Waals surface area (Å²) in [6.07, 6.45) is 4.99. The van der Waals surface area contributed by atoms with Crippen molar-refractivity contribution in [2.45, 2.75) is 6.54 Å². The first-order valence-corrected chi connectivity index (χ1v) is 8.20. The number of nitrogens with zero attached hydrogens (tertiary/aromatic N) is 3. The van der Waals surface area contributed by atoms with Crippen LogP contribution in [-0.4, -0.2) is 29.2 Å². The molecule has 0 saturated heterocycles. The Kier molecular flexibility index (Phi) is 5.70. The Labute approximate surface area is 156 Å². The van der Waals surface area contributed by atoms with Crippen molar-refractivity contribution in [3.05, 3.63) is 59.6 Å². The predicted molar refractivity (Wildman–Crippen MR) is 101 cm³/mol. The number of rotatable bonds is 7. The number of benzene rings is 1. The second-order valence-corrected chi connectivity index (χ2v) is 5.72. The van der Waals surface area contributed by atoms with Gasteiger partial charge in [-0.05, 0) is 17.7 Å². The van der Waals surface area contributed by atoms with Gasteiger partial charge in [-0.25, -0.2) is 9.97 Å². The van der Waals surface area contributed by atoms with Gasteiger partial charge in [0, 0.05) is 37.1 Å². The lowest BCUT2D eigenvalue weighted by molar-refractivity contribution is 0.405. The molecular formula is C18H18ClN5O2. The van der Waals surface area contributed by atoms with Crippen molar-refractivity contribution in [3.63, 3.8) is 0 Å². The lowest BCUT2D eigenvalue weighted by Crippen LogP contribution is -2.03. The minimum Gasteiger partial charge on any atom is -0.495 e. The summed E-state index contributed by atoms with van der Waals surface area (Å²) in [5, 5.41) is 6.92. The van der Waals surface area contributed by atoms with Crippen LogP contribution in [0.4, 0.5) is 17.3 Å². The summed E-state index contributed by atoms with van der Waals surface area (Å²) >= 11 is 6.14. The summed E-state index contributed by atoms with van der Waals surface area (Å²) in [5.41, 5.74) is 1.80. The second-order valence-electron chi connectivity index (χ2n) is 5.31. The van der Waals surface area contributed by atoms with E-state index in [0.29, 0.717) is 40.4 Å². The number of aromatic nitrogens is 3. The molecule has 2 aromatic heterocycles. The smallest absolute Gasteiger partial charge is 0.144 e. The van der Waals surface area contributed by atoms with Gasteiger partial charge in [0.05, 0.1) is 24.9 Å². The highest BCUT2D eigenvalue weighted by Crippen LogP contribution is 2.37. The molecule has 26 heavy (non-hydrogen) atoms. The molecule has 0 atom stereocenters. The second kappa shape index (κ2) is 8.35. The zero-order valence-electron chi connectivity index (χ0n) is 14.4. The maximum atomic E-state index is 6.14. The molecule has 0 fully saturated rings. The number of nitrogens with one attached hydrogen (secondary N) is 2. The van der Waals surface area contributed by atoms with E-state index in [1.165, 1.54) is 6.33 Å². The highest BCUT2D eigenvalue weighted by Gasteiger charge is 2.11. The summed E-state index contributed by atoms with van der Waals surface area (Å²) in [7, 11) is 3.13. The van der Waals surface area contributed by atoms with Gasteiger partial charge < -0.3 is 20.1 Å². The lowest BCUT2D eigenvalue weighted by atomic mass is 10.2. The van der Waals surface area contributed by atoms with Crippen LogP contribution in [0.25, 0.3) is 0 Å². The van der Waals surface area contributed by atoms with E-state index in [0.717, 1.165) is 5.56 Å². The van der Waals surface area contributed by atoms with Crippen molar-refractivity contribution < 1.29 is 9.47 Å². The van der Waals surface area contributed by atoms with Crippen LogP contribution in [-0.2, 0) is 6.54 Å². The first-order chi connectivity index (χ1) is 12.7. The first-order valence-electron chi connectivity index (χ1n) is 7.83. The number of ether oxygens (including phenoxy) is 2. The third kappa shape index (κ3) is 4.31. The topological polar surface area (TPSA) is 81.2 Å². The van der Waals surface area contributed by atoms with E-state index in [2.05, 4.69) is 25.6 Å². The van der Waals surface area contributed by atoms with Gasteiger partial charge in [0.2, 0.25) is 0 Å². The molecule has 2 N–H and O–H groups in total. The Bertz CT molecular complexity index is 877. The van der Waals surface area contributed by atoms with Crippen molar-refractivity contribution in [2.24, 2.45) is 0 Å². The maximum absolute atomic E-state index is 6.14. The van der Waals surface area contributed by atoms with Crippen LogP contribution in [0.15, 0.2) is 49.1 Å². The Morgan fingerprint density at radius 1 is 0.962 bits per heavy atom. The Balaban J connectivity index is 1.76. The molecule has 2 heterocycles. The normalized spacial score (nSPS) is 10.3. The Morgan fingerprint density at radius 2 is 1.69 bits per heavy atom. The molecule has 0 unspecified atom stereocenters. The van der Waals surface area contributed by atoms with Crippen molar-refractivity contribution in [2.75, 3.05) is 24.9 Å². The van der Waals surface area contributed by atoms with Gasteiger partial charge in [-0.15, -0.1) is 0 Å². The van der Waals surface area contributed by atoms with Crippen molar-refractivity contribution >= 4 is 28.9 Å². The van der Waals surface area contributed by atoms with E-state index in [4.69, 9.17) is 21.1 Å². The fourth-order valence-corrected chi connectivity index (χ4v) is 2.54. The van der Waals surface area contributed by atoms with Crippen LogP contribution in [0.5, 0.6) is 11.5 Å². The summed E-state index contributed by atoms with van der Waals surface area (Å²) in [6, 6.07) is 9.14. The standard InChI is InChI=1S/C18H18ClN5O2/c1-25-15-8-14(16(26-2)7-13(15)19)24-18-9-17(22-11-23-18)21-10-12-3-5-20-6-4-12/h3-9,11H,10H2,1-2H3,(H2,21,22,23,24). The fourth-order valence-electron chi connectivity index (χ4n) is 2.31. The van der Waals surface area contributed by atoms with Gasteiger partial charge in [0.25, 0.3) is 0 Å². The third-order valence-electron chi connectivity index (χ3n) is 3.63. The van der Waals surface area contributed by atoms with Gasteiger partial charge in [-0.1, -0.05) is 11.6 Å². The summed E-state index contributed by atoms with van der Waals surface area (Å²) in [5.74, 6) is 2.43. The quantitative estimate of drug-likeness (QED) is 0.651. The molecule has 8 heteroatoms. The predicted octanol–water partition coefficient (Wildman–Crippen LogP) is 3.90. The van der Waals surface area contributed by atoms with Crippen LogP contribution < -0.4 is 20.1 Å². The molecule has 0 aliphatic rings. The fraction of sp³-hybridized carbons (Fsp3) is 0.167. The summed E-state index contributed by atoms with van der Waals surface area (Å²) in [4.78, 5) is 12.5. The molecule has 0 radical (unpaired) electrons. The number of pyridine rings is 1. The number of hydrogen-bond acceptors (Lipinski definition) is 7. The van der Waals surface area contributed by atoms with Crippen LogP contribution in [0.1, 0.15) is 5.56 Å². The number of hydrogen-bond donors (Lipinski definition) is 2. The molecule has 0 saturated carbocycles. The van der Waals surface area contributed by atoms with Gasteiger partial charge >= 0.3 is 0 Å². The molecule has 0 bridgehead atoms. The highest BCUT2D eigenvalue weighted by molar-refractivity contribution is 6.32. The summed E-state index contributed by atoms with van der Waals surface area (Å²) in [6.45, 7) is 0.636. The van der Waals surface area contributed by atoms with Crippen LogP contribution >= 0.6 is 11.6 Å². The average Bonchev–Trinajstić information content (AvgIpc) is 2.68. The third-order valence-corrected chi connectivity index (χ3v) is 3.92. The van der Waals surface area contributed by atoms with E-state index in [1.54, 1.807) is 38.7 Å². The molecule has 3 rings (SSSR count). The molecule has 0 aliphatic carbocycles. The molecule has 1 aromatic carbocycles. The van der Waals surface area contributed by atoms with Crippen molar-refractivity contribution in [1.29, 1.82) is 0 Å². The van der Waals surface area contributed by atoms with Crippen molar-refractivity contribution in [3.8, 4) is 11.5 Å². The average molecular weight is 372 g/mol. The zero-order chi connectivity index (χ0) is 18.4. The van der Waals surface area contributed by atoms with Crippen molar-refractivity contribution in [1.82, 2.24) is 15.0 Å². The Hall–Kier alpha value is -3.06. The molecular weight excluding hydrogens is 354 g/mol. The summed E-state index contributed by atoms with van der Waals surface area (Å²) < 4.78 is 10.6. The van der Waals surface area contributed by atoms with E-state index in [-0.39, 0.29) is 0 Å². The molecule has 3 aromatic rings. The minimum atomic E-state index is 0.470. The maximum Gasteiger partial charge on any atom is 0.144 e. The van der Waals surface area contributed by atoms with Crippen LogP contribution in [0.2, 0.25) is 5.02 Å². The van der Waals surface area contributed by atoms with E-state index in [1.807, 2.05) is 18.2 Å². The Morgan fingerprint density at radius 3 is 2.42 bits per heavy atom. The molecule has 0 aliphatic heterocycles. The first kappa shape index (κ1) is 17.8. The highest BCUT2D eigenvalue weighted by atomic mass is 35.5. The molecule has 7 nitrogen and oxygen atoms in total. The molecule has 134 valence electrons. The zero-order valence-corrected chi connectivity index (χ0v) is 15.1. The van der Waals surface area contributed by atoms with E-state index >= 15 is 0 Å². The monoisotopic (exact) mass is 371 g/mol. The van der Waals surface area contributed by atoms with Crippen LogP contribution in [0, 0.1) is 0 Å². The van der Waals surface area contributed by atoms with Crippen LogP contribution in [0.3, 0.4) is 0 Å². The number of methoxy groups -OCH3 is 2. The SMILES string of the molecule is COc1cc(Nc2cc(NCc3ccncc3)ncn2)c(OC)cc1Cl.